The molecule has 0 bridgehead atoms. The summed E-state index contributed by atoms with van der Waals surface area (Å²) in [6.07, 6.45) is 6.28. The van der Waals surface area contributed by atoms with Gasteiger partial charge in [0.05, 0.1) is 18.5 Å². The molecule has 2 N–H and O–H groups in total. The van der Waals surface area contributed by atoms with Crippen molar-refractivity contribution < 1.29 is 19.1 Å². The zero-order valence-electron chi connectivity index (χ0n) is 16.2. The van der Waals surface area contributed by atoms with Crippen molar-refractivity contribution in [2.75, 3.05) is 19.7 Å². The van der Waals surface area contributed by atoms with Crippen LogP contribution < -0.4 is 5.32 Å². The van der Waals surface area contributed by atoms with Gasteiger partial charge < -0.3 is 19.9 Å². The minimum Gasteiger partial charge on any atom is -0.395 e. The van der Waals surface area contributed by atoms with Gasteiger partial charge in [0.15, 0.2) is 5.82 Å². The lowest BCUT2D eigenvalue weighted by molar-refractivity contribution is -0.136. The van der Waals surface area contributed by atoms with Crippen LogP contribution in [0.5, 0.6) is 0 Å². The smallest absolute Gasteiger partial charge is 0.257 e. The first-order valence-electron chi connectivity index (χ1n) is 9.76. The number of hydrogen-bond acceptors (Lipinski definition) is 4. The summed E-state index contributed by atoms with van der Waals surface area (Å²) in [5.74, 6) is -0.498. The summed E-state index contributed by atoms with van der Waals surface area (Å²) in [6.45, 7) is 0.708. The monoisotopic (exact) mass is 411 g/mol. The molecule has 3 aromatic rings. The predicted molar refractivity (Wildman–Crippen MR) is 107 cm³/mol. The van der Waals surface area contributed by atoms with Crippen molar-refractivity contribution in [1.82, 2.24) is 24.6 Å². The third kappa shape index (κ3) is 3.84. The number of hydrogen-bond donors (Lipinski definition) is 2. The first kappa shape index (κ1) is 19.8. The Hall–Kier alpha value is -3.46. The van der Waals surface area contributed by atoms with E-state index in [1.165, 1.54) is 18.3 Å². The number of piperidine rings is 1. The number of aliphatic hydroxyl groups excluding tert-OH is 1. The standard InChI is InChI=1S/C21H22FN5O3/c22-15-5-7-16(8-6-15)27-20(25-9-1-2-10-25)17(14-23-27)19(29)24-18-4-3-11-26(12-13-28)21(18)30/h1-2,5-10,14,18,28H,3-4,11-13H2,(H,24,29). The Bertz CT molecular complexity index is 1030. The van der Waals surface area contributed by atoms with E-state index in [0.717, 1.165) is 6.42 Å². The number of benzene rings is 1. The van der Waals surface area contributed by atoms with Gasteiger partial charge >= 0.3 is 0 Å². The molecule has 8 nitrogen and oxygen atoms in total. The average Bonchev–Trinajstić information content (AvgIpc) is 3.41. The van der Waals surface area contributed by atoms with Gasteiger partial charge in [0.25, 0.3) is 5.91 Å². The van der Waals surface area contributed by atoms with Gasteiger partial charge in [0.2, 0.25) is 5.91 Å². The Morgan fingerprint density at radius 1 is 1.23 bits per heavy atom. The molecular formula is C21H22FN5O3. The maximum atomic E-state index is 13.3. The quantitative estimate of drug-likeness (QED) is 0.643. The molecule has 1 aromatic carbocycles. The molecule has 1 fully saturated rings. The molecule has 0 spiro atoms. The molecule has 3 heterocycles. The maximum Gasteiger partial charge on any atom is 0.257 e. The van der Waals surface area contributed by atoms with Gasteiger partial charge in [-0.15, -0.1) is 0 Å². The second-order valence-electron chi connectivity index (χ2n) is 7.08. The van der Waals surface area contributed by atoms with Gasteiger partial charge in [-0.3, -0.25) is 9.59 Å². The van der Waals surface area contributed by atoms with Crippen molar-refractivity contribution >= 4 is 11.8 Å². The van der Waals surface area contributed by atoms with Crippen LogP contribution in [0.4, 0.5) is 4.39 Å². The predicted octanol–water partition coefficient (Wildman–Crippen LogP) is 1.52. The highest BCUT2D eigenvalue weighted by molar-refractivity contribution is 6.00. The van der Waals surface area contributed by atoms with Crippen molar-refractivity contribution in [3.05, 3.63) is 66.4 Å². The molecule has 1 saturated heterocycles. The van der Waals surface area contributed by atoms with Crippen LogP contribution in [0.25, 0.3) is 11.5 Å². The largest absolute Gasteiger partial charge is 0.395 e. The van der Waals surface area contributed by atoms with E-state index in [1.807, 2.05) is 12.1 Å². The summed E-state index contributed by atoms with van der Waals surface area (Å²) in [7, 11) is 0. The van der Waals surface area contributed by atoms with Crippen LogP contribution in [-0.4, -0.2) is 61.9 Å². The van der Waals surface area contributed by atoms with Gasteiger partial charge in [0, 0.05) is 25.5 Å². The van der Waals surface area contributed by atoms with E-state index in [2.05, 4.69) is 10.4 Å². The molecule has 9 heteroatoms. The lowest BCUT2D eigenvalue weighted by atomic mass is 10.0. The normalized spacial score (nSPS) is 16.7. The van der Waals surface area contributed by atoms with E-state index >= 15 is 0 Å². The molecule has 0 aliphatic carbocycles. The van der Waals surface area contributed by atoms with Gasteiger partial charge in [-0.2, -0.15) is 5.10 Å². The van der Waals surface area contributed by atoms with E-state index in [4.69, 9.17) is 5.11 Å². The zero-order valence-corrected chi connectivity index (χ0v) is 16.2. The van der Waals surface area contributed by atoms with Gasteiger partial charge in [0.1, 0.15) is 17.4 Å². The fourth-order valence-electron chi connectivity index (χ4n) is 3.65. The molecule has 0 radical (unpaired) electrons. The topological polar surface area (TPSA) is 92.4 Å². The van der Waals surface area contributed by atoms with Crippen molar-refractivity contribution in [3.63, 3.8) is 0 Å². The van der Waals surface area contributed by atoms with Gasteiger partial charge in [-0.25, -0.2) is 9.07 Å². The number of aliphatic hydroxyl groups is 1. The number of rotatable bonds is 6. The number of carbonyl (C=O) groups excluding carboxylic acids is 2. The van der Waals surface area contributed by atoms with E-state index in [-0.39, 0.29) is 24.9 Å². The van der Waals surface area contributed by atoms with Gasteiger partial charge in [-0.05, 0) is 49.2 Å². The number of likely N-dealkylation sites (tertiary alicyclic amines) is 1. The minimum atomic E-state index is -0.649. The first-order valence-corrected chi connectivity index (χ1v) is 9.76. The van der Waals surface area contributed by atoms with Crippen LogP contribution in [0, 0.1) is 5.82 Å². The van der Waals surface area contributed by atoms with Crippen LogP contribution in [0.3, 0.4) is 0 Å². The second kappa shape index (κ2) is 8.50. The minimum absolute atomic E-state index is 0.116. The third-order valence-electron chi connectivity index (χ3n) is 5.11. The summed E-state index contributed by atoms with van der Waals surface area (Å²) < 4.78 is 16.6. The summed E-state index contributed by atoms with van der Waals surface area (Å²) in [5, 5.41) is 16.3. The highest BCUT2D eigenvalue weighted by Crippen LogP contribution is 2.21. The number of halogens is 1. The number of nitrogens with one attached hydrogen (secondary N) is 1. The van der Waals surface area contributed by atoms with Gasteiger partial charge in [-0.1, -0.05) is 0 Å². The summed E-state index contributed by atoms with van der Waals surface area (Å²) >= 11 is 0. The highest BCUT2D eigenvalue weighted by atomic mass is 19.1. The van der Waals surface area contributed by atoms with Crippen molar-refractivity contribution in [1.29, 1.82) is 0 Å². The molecule has 0 saturated carbocycles. The lowest BCUT2D eigenvalue weighted by Crippen LogP contribution is -2.52. The molecule has 156 valence electrons. The fraction of sp³-hybridized carbons (Fsp3) is 0.286. The number of β-amino-alcohol motifs (C(OH)–C–C–N with tert-alkyl or cyclic N) is 1. The molecule has 4 rings (SSSR count). The fourth-order valence-corrected chi connectivity index (χ4v) is 3.65. The van der Waals surface area contributed by atoms with E-state index < -0.39 is 11.9 Å². The third-order valence-corrected chi connectivity index (χ3v) is 5.11. The summed E-state index contributed by atoms with van der Waals surface area (Å²) in [5.41, 5.74) is 0.893. The van der Waals surface area contributed by atoms with E-state index in [1.54, 1.807) is 38.7 Å². The SMILES string of the molecule is O=C(NC1CCCN(CCO)C1=O)c1cnn(-c2ccc(F)cc2)c1-n1cccc1. The molecule has 1 aliphatic heterocycles. The number of amides is 2. The van der Waals surface area contributed by atoms with Crippen LogP contribution in [-0.2, 0) is 4.79 Å². The Morgan fingerprint density at radius 2 is 1.97 bits per heavy atom. The van der Waals surface area contributed by atoms with Crippen LogP contribution in [0.1, 0.15) is 23.2 Å². The molecule has 30 heavy (non-hydrogen) atoms. The van der Waals surface area contributed by atoms with Crippen LogP contribution in [0.15, 0.2) is 55.0 Å². The second-order valence-corrected chi connectivity index (χ2v) is 7.08. The lowest BCUT2D eigenvalue weighted by Gasteiger charge is -2.32. The van der Waals surface area contributed by atoms with Crippen molar-refractivity contribution in [2.45, 2.75) is 18.9 Å². The van der Waals surface area contributed by atoms with Crippen LogP contribution >= 0.6 is 0 Å². The Labute approximate surface area is 172 Å². The Morgan fingerprint density at radius 3 is 2.67 bits per heavy atom. The number of carbonyl (C=O) groups is 2. The highest BCUT2D eigenvalue weighted by Gasteiger charge is 2.31. The number of nitrogens with zero attached hydrogens (tertiary/aromatic N) is 4. The van der Waals surface area contributed by atoms with Crippen molar-refractivity contribution in [3.8, 4) is 11.5 Å². The molecule has 2 amide bonds. The van der Waals surface area contributed by atoms with Crippen LogP contribution in [0.2, 0.25) is 0 Å². The maximum absolute atomic E-state index is 13.3. The first-order chi connectivity index (χ1) is 14.6. The van der Waals surface area contributed by atoms with E-state index in [9.17, 15) is 14.0 Å². The summed E-state index contributed by atoms with van der Waals surface area (Å²) in [4.78, 5) is 27.2. The molecule has 2 aromatic heterocycles. The zero-order chi connectivity index (χ0) is 21.1. The van der Waals surface area contributed by atoms with Crippen molar-refractivity contribution in [2.24, 2.45) is 0 Å². The molecule has 1 unspecified atom stereocenters. The summed E-state index contributed by atoms with van der Waals surface area (Å²) in [6, 6.07) is 8.80. The number of aromatic nitrogens is 3. The van der Waals surface area contributed by atoms with E-state index in [0.29, 0.717) is 30.0 Å². The Kier molecular flexibility index (Phi) is 5.62. The molecule has 1 aliphatic rings. The molecule has 1 atom stereocenters. The average molecular weight is 411 g/mol. The Balaban J connectivity index is 1.65. The molecular weight excluding hydrogens is 389 g/mol.